The van der Waals surface area contributed by atoms with Crippen LogP contribution in [0, 0.1) is 10.1 Å². The second kappa shape index (κ2) is 6.41. The molecular weight excluding hydrogens is 294 g/mol. The van der Waals surface area contributed by atoms with Crippen molar-refractivity contribution in [1.82, 2.24) is 4.98 Å². The number of nitro groups is 1. The molecule has 0 unspecified atom stereocenters. The van der Waals surface area contributed by atoms with Gasteiger partial charge >= 0.3 is 0 Å². The molecule has 0 amide bonds. The highest BCUT2D eigenvalue weighted by Gasteiger charge is 2.15. The van der Waals surface area contributed by atoms with E-state index in [0.29, 0.717) is 16.6 Å². The molecule has 6 nitrogen and oxygen atoms in total. The zero-order chi connectivity index (χ0) is 16.2. The maximum atomic E-state index is 11.1. The van der Waals surface area contributed by atoms with E-state index in [-0.39, 0.29) is 12.2 Å². The maximum Gasteiger partial charge on any atom is 0.278 e. The molecule has 1 aromatic heterocycles. The van der Waals surface area contributed by atoms with Gasteiger partial charge in [-0.3, -0.25) is 15.1 Å². The zero-order valence-electron chi connectivity index (χ0n) is 12.2. The van der Waals surface area contributed by atoms with Crippen LogP contribution in [0.2, 0.25) is 0 Å². The molecule has 0 aliphatic heterocycles. The van der Waals surface area contributed by atoms with E-state index in [0.717, 1.165) is 5.56 Å². The average Bonchev–Trinajstić information content (AvgIpc) is 2.59. The summed E-state index contributed by atoms with van der Waals surface area (Å²) in [5.41, 5.74) is 1.99. The largest absolute Gasteiger partial charge is 0.387 e. The summed E-state index contributed by atoms with van der Waals surface area (Å²) in [5.74, 6) is 0. The third kappa shape index (κ3) is 3.12. The van der Waals surface area contributed by atoms with Crippen LogP contribution in [0.4, 0.5) is 11.4 Å². The summed E-state index contributed by atoms with van der Waals surface area (Å²) in [6, 6.07) is 15.7. The number of fused-ring (bicyclic) bond motifs is 1. The van der Waals surface area contributed by atoms with Crippen LogP contribution in [-0.4, -0.2) is 21.6 Å². The lowest BCUT2D eigenvalue weighted by atomic mass is 10.1. The van der Waals surface area contributed by atoms with E-state index in [1.807, 2.05) is 30.3 Å². The van der Waals surface area contributed by atoms with Gasteiger partial charge in [-0.1, -0.05) is 30.3 Å². The van der Waals surface area contributed by atoms with Crippen molar-refractivity contribution in [3.8, 4) is 0 Å². The Morgan fingerprint density at radius 3 is 2.65 bits per heavy atom. The minimum atomic E-state index is -0.676. The van der Waals surface area contributed by atoms with E-state index in [4.69, 9.17) is 0 Å². The van der Waals surface area contributed by atoms with Crippen molar-refractivity contribution in [1.29, 1.82) is 0 Å². The van der Waals surface area contributed by atoms with Gasteiger partial charge < -0.3 is 10.4 Å². The molecule has 0 saturated carbocycles. The number of nitro benzene ring substituents is 1. The van der Waals surface area contributed by atoms with Crippen LogP contribution >= 0.6 is 0 Å². The number of hydrogen-bond acceptors (Lipinski definition) is 5. The fraction of sp³-hybridized carbons (Fsp3) is 0.118. The summed E-state index contributed by atoms with van der Waals surface area (Å²) in [4.78, 5) is 14.9. The van der Waals surface area contributed by atoms with Gasteiger partial charge in [-0.15, -0.1) is 0 Å². The van der Waals surface area contributed by atoms with E-state index in [1.54, 1.807) is 24.4 Å². The van der Waals surface area contributed by atoms with Crippen LogP contribution in [0.5, 0.6) is 0 Å². The van der Waals surface area contributed by atoms with E-state index in [2.05, 4.69) is 10.3 Å². The Hall–Kier alpha value is -2.99. The Morgan fingerprint density at radius 2 is 1.91 bits per heavy atom. The number of non-ortho nitro benzene ring substituents is 1. The first-order valence-electron chi connectivity index (χ1n) is 7.16. The smallest absolute Gasteiger partial charge is 0.278 e. The quantitative estimate of drug-likeness (QED) is 0.557. The Balaban J connectivity index is 1.87. The van der Waals surface area contributed by atoms with E-state index in [1.165, 1.54) is 6.07 Å². The lowest BCUT2D eigenvalue weighted by Gasteiger charge is -2.14. The molecular formula is C17H15N3O3. The molecule has 2 N–H and O–H groups in total. The summed E-state index contributed by atoms with van der Waals surface area (Å²) in [6.07, 6.45) is 0.912. The Morgan fingerprint density at radius 1 is 1.13 bits per heavy atom. The van der Waals surface area contributed by atoms with Gasteiger partial charge in [0, 0.05) is 18.8 Å². The van der Waals surface area contributed by atoms with E-state index in [9.17, 15) is 15.2 Å². The summed E-state index contributed by atoms with van der Waals surface area (Å²) in [5, 5.41) is 24.9. The first kappa shape index (κ1) is 14.9. The monoisotopic (exact) mass is 309 g/mol. The number of benzene rings is 2. The van der Waals surface area contributed by atoms with E-state index >= 15 is 0 Å². The summed E-state index contributed by atoms with van der Waals surface area (Å²) in [7, 11) is 0. The molecule has 0 aliphatic carbocycles. The van der Waals surface area contributed by atoms with Crippen LogP contribution < -0.4 is 5.32 Å². The lowest BCUT2D eigenvalue weighted by Crippen LogP contribution is -2.12. The van der Waals surface area contributed by atoms with Crippen molar-refractivity contribution in [3.05, 3.63) is 76.5 Å². The van der Waals surface area contributed by atoms with Gasteiger partial charge in [-0.25, -0.2) is 0 Å². The second-order valence-electron chi connectivity index (χ2n) is 5.10. The van der Waals surface area contributed by atoms with Gasteiger partial charge in [0.05, 0.1) is 22.1 Å². The second-order valence-corrected chi connectivity index (χ2v) is 5.10. The van der Waals surface area contributed by atoms with Crippen molar-refractivity contribution in [2.75, 3.05) is 11.9 Å². The standard InChI is InChI=1S/C17H15N3O3/c21-16(12-5-2-1-3-6-12)11-19-14-8-9-15(20(22)23)13-7-4-10-18-17(13)14/h1-10,16,19,21H,11H2/t16-/m0/s1. The Kier molecular flexibility index (Phi) is 4.16. The Labute approximate surface area is 132 Å². The molecule has 0 saturated heterocycles. The maximum absolute atomic E-state index is 11.1. The third-order valence-electron chi connectivity index (χ3n) is 3.61. The number of nitrogens with zero attached hydrogens (tertiary/aromatic N) is 2. The van der Waals surface area contributed by atoms with E-state index < -0.39 is 11.0 Å². The molecule has 0 fully saturated rings. The number of aromatic nitrogens is 1. The molecule has 1 heterocycles. The molecule has 3 aromatic rings. The average molecular weight is 309 g/mol. The molecule has 116 valence electrons. The molecule has 0 aliphatic rings. The fourth-order valence-electron chi connectivity index (χ4n) is 2.46. The highest BCUT2D eigenvalue weighted by atomic mass is 16.6. The van der Waals surface area contributed by atoms with Crippen LogP contribution in [0.1, 0.15) is 11.7 Å². The predicted octanol–water partition coefficient (Wildman–Crippen LogP) is 3.29. The van der Waals surface area contributed by atoms with Gasteiger partial charge in [0.15, 0.2) is 0 Å². The van der Waals surface area contributed by atoms with Gasteiger partial charge in [-0.05, 0) is 23.8 Å². The van der Waals surface area contributed by atoms with Crippen LogP contribution in [0.25, 0.3) is 10.9 Å². The van der Waals surface area contributed by atoms with Crippen LogP contribution in [0.3, 0.4) is 0 Å². The number of aliphatic hydroxyl groups is 1. The first-order chi connectivity index (χ1) is 11.2. The van der Waals surface area contributed by atoms with Gasteiger partial charge in [0.1, 0.15) is 5.52 Å². The molecule has 6 heteroatoms. The van der Waals surface area contributed by atoms with Gasteiger partial charge in [0.25, 0.3) is 5.69 Å². The number of hydrogen-bond donors (Lipinski definition) is 2. The molecule has 0 radical (unpaired) electrons. The summed E-state index contributed by atoms with van der Waals surface area (Å²) < 4.78 is 0. The van der Waals surface area contributed by atoms with Crippen molar-refractivity contribution in [2.24, 2.45) is 0 Å². The van der Waals surface area contributed by atoms with Crippen molar-refractivity contribution in [3.63, 3.8) is 0 Å². The van der Waals surface area contributed by atoms with Crippen LogP contribution in [0.15, 0.2) is 60.8 Å². The predicted molar refractivity (Wildman–Crippen MR) is 88.3 cm³/mol. The zero-order valence-corrected chi connectivity index (χ0v) is 12.2. The normalized spacial score (nSPS) is 12.0. The highest BCUT2D eigenvalue weighted by Crippen LogP contribution is 2.30. The Bertz CT molecular complexity index is 837. The molecule has 3 rings (SSSR count). The summed E-state index contributed by atoms with van der Waals surface area (Å²) >= 11 is 0. The number of anilines is 1. The highest BCUT2D eigenvalue weighted by molar-refractivity contribution is 5.96. The molecule has 1 atom stereocenters. The number of pyridine rings is 1. The molecule has 0 spiro atoms. The topological polar surface area (TPSA) is 88.3 Å². The number of aliphatic hydroxyl groups excluding tert-OH is 1. The van der Waals surface area contributed by atoms with Crippen molar-refractivity contribution in [2.45, 2.75) is 6.10 Å². The molecule has 0 bridgehead atoms. The fourth-order valence-corrected chi connectivity index (χ4v) is 2.46. The minimum absolute atomic E-state index is 0.0160. The molecule has 2 aromatic carbocycles. The lowest BCUT2D eigenvalue weighted by molar-refractivity contribution is -0.383. The van der Waals surface area contributed by atoms with Crippen LogP contribution in [-0.2, 0) is 0 Å². The van der Waals surface area contributed by atoms with Gasteiger partial charge in [0.2, 0.25) is 0 Å². The number of rotatable bonds is 5. The van der Waals surface area contributed by atoms with Crippen molar-refractivity contribution >= 4 is 22.3 Å². The SMILES string of the molecule is O=[N+]([O-])c1ccc(NC[C@H](O)c2ccccc2)c2ncccc12. The van der Waals surface area contributed by atoms with Gasteiger partial charge in [-0.2, -0.15) is 0 Å². The summed E-state index contributed by atoms with van der Waals surface area (Å²) in [6.45, 7) is 0.285. The van der Waals surface area contributed by atoms with Crippen molar-refractivity contribution < 1.29 is 10.0 Å². The number of nitrogens with one attached hydrogen (secondary N) is 1. The third-order valence-corrected chi connectivity index (χ3v) is 3.61. The molecule has 23 heavy (non-hydrogen) atoms. The first-order valence-corrected chi connectivity index (χ1v) is 7.16. The minimum Gasteiger partial charge on any atom is -0.387 e.